The fraction of sp³-hybridized carbons (Fsp3) is 0.500. The number of hydrogen-bond donors (Lipinski definition) is 1. The molecule has 0 unspecified atom stereocenters. The highest BCUT2D eigenvalue weighted by atomic mass is 16.5. The van der Waals surface area contributed by atoms with Gasteiger partial charge in [0, 0.05) is 18.7 Å². The smallest absolute Gasteiger partial charge is 0.331 e. The fourth-order valence-electron chi connectivity index (χ4n) is 0.859. The Hall–Kier alpha value is -1.66. The first kappa shape index (κ1) is 16.3. The normalized spacial score (nSPS) is 10.6. The van der Waals surface area contributed by atoms with Crippen molar-refractivity contribution >= 4 is 11.9 Å². The summed E-state index contributed by atoms with van der Waals surface area (Å²) in [5, 5.41) is 2.87. The standard InChI is InChI=1S/C12H20N2O4/c1-4-11(15)17-9-13-8-6-5-7-12(16)18-10-14(2)3/h4-5,7,13H,1,6,8-10H2,2-3H3/b7-5+. The summed E-state index contributed by atoms with van der Waals surface area (Å²) in [7, 11) is 3.62. The maximum absolute atomic E-state index is 11.1. The number of rotatable bonds is 9. The van der Waals surface area contributed by atoms with E-state index >= 15 is 0 Å². The molecule has 102 valence electrons. The second-order valence-corrected chi connectivity index (χ2v) is 3.68. The van der Waals surface area contributed by atoms with E-state index in [-0.39, 0.29) is 19.4 Å². The third-order valence-electron chi connectivity index (χ3n) is 1.69. The van der Waals surface area contributed by atoms with Crippen LogP contribution in [0.2, 0.25) is 0 Å². The van der Waals surface area contributed by atoms with Gasteiger partial charge in [0.1, 0.15) is 13.5 Å². The van der Waals surface area contributed by atoms with Crippen LogP contribution in [-0.4, -0.2) is 50.9 Å². The molecule has 0 amide bonds. The van der Waals surface area contributed by atoms with Gasteiger partial charge in [-0.2, -0.15) is 0 Å². The van der Waals surface area contributed by atoms with Crippen LogP contribution in [0.4, 0.5) is 0 Å². The van der Waals surface area contributed by atoms with Gasteiger partial charge in [0.2, 0.25) is 0 Å². The van der Waals surface area contributed by atoms with Gasteiger partial charge in [0.25, 0.3) is 0 Å². The molecule has 0 aromatic rings. The molecule has 18 heavy (non-hydrogen) atoms. The molecule has 0 atom stereocenters. The van der Waals surface area contributed by atoms with Crippen LogP contribution in [0.3, 0.4) is 0 Å². The zero-order valence-electron chi connectivity index (χ0n) is 10.8. The van der Waals surface area contributed by atoms with E-state index < -0.39 is 5.97 Å². The summed E-state index contributed by atoms with van der Waals surface area (Å²) in [6.07, 6.45) is 4.81. The summed E-state index contributed by atoms with van der Waals surface area (Å²) >= 11 is 0. The highest BCUT2D eigenvalue weighted by molar-refractivity contribution is 5.81. The minimum atomic E-state index is -0.467. The topological polar surface area (TPSA) is 67.9 Å². The Morgan fingerprint density at radius 2 is 2.00 bits per heavy atom. The van der Waals surface area contributed by atoms with Crippen LogP contribution in [0.5, 0.6) is 0 Å². The Labute approximate surface area is 107 Å². The molecule has 6 heteroatoms. The first-order valence-electron chi connectivity index (χ1n) is 5.54. The maximum Gasteiger partial charge on any atom is 0.331 e. The Balaban J connectivity index is 3.45. The van der Waals surface area contributed by atoms with Crippen molar-refractivity contribution in [1.82, 2.24) is 10.2 Å². The van der Waals surface area contributed by atoms with E-state index in [9.17, 15) is 9.59 Å². The van der Waals surface area contributed by atoms with E-state index in [0.717, 1.165) is 6.08 Å². The first-order valence-corrected chi connectivity index (χ1v) is 5.54. The lowest BCUT2D eigenvalue weighted by molar-refractivity contribution is -0.141. The third kappa shape index (κ3) is 10.8. The minimum Gasteiger partial charge on any atom is -0.447 e. The monoisotopic (exact) mass is 256 g/mol. The predicted molar refractivity (Wildman–Crippen MR) is 67.6 cm³/mol. The SMILES string of the molecule is C=CC(=O)OCNCC/C=C/C(=O)OCN(C)C. The molecule has 0 radical (unpaired) electrons. The second-order valence-electron chi connectivity index (χ2n) is 3.68. The molecule has 0 aromatic carbocycles. The van der Waals surface area contributed by atoms with Crippen molar-refractivity contribution in [3.05, 3.63) is 24.8 Å². The lowest BCUT2D eigenvalue weighted by Gasteiger charge is -2.08. The van der Waals surface area contributed by atoms with Crippen molar-refractivity contribution in [3.8, 4) is 0 Å². The van der Waals surface area contributed by atoms with Crippen LogP contribution in [0.15, 0.2) is 24.8 Å². The average Bonchev–Trinajstić information content (AvgIpc) is 2.34. The van der Waals surface area contributed by atoms with E-state index in [4.69, 9.17) is 9.47 Å². The molecule has 0 aliphatic rings. The van der Waals surface area contributed by atoms with Gasteiger partial charge in [-0.3, -0.25) is 10.2 Å². The van der Waals surface area contributed by atoms with Gasteiger partial charge in [0.05, 0.1) is 0 Å². The molecule has 0 heterocycles. The van der Waals surface area contributed by atoms with Gasteiger partial charge in [-0.25, -0.2) is 9.59 Å². The van der Waals surface area contributed by atoms with Gasteiger partial charge in [-0.1, -0.05) is 12.7 Å². The Kier molecular flexibility index (Phi) is 9.52. The molecule has 6 nitrogen and oxygen atoms in total. The van der Waals surface area contributed by atoms with Crippen molar-refractivity contribution in [3.63, 3.8) is 0 Å². The molecule has 0 bridgehead atoms. The van der Waals surface area contributed by atoms with Crippen molar-refractivity contribution in [2.24, 2.45) is 0 Å². The van der Waals surface area contributed by atoms with E-state index in [1.807, 2.05) is 14.1 Å². The van der Waals surface area contributed by atoms with Crippen LogP contribution < -0.4 is 5.32 Å². The third-order valence-corrected chi connectivity index (χ3v) is 1.69. The molecule has 1 N–H and O–H groups in total. The van der Waals surface area contributed by atoms with E-state index in [1.165, 1.54) is 6.08 Å². The highest BCUT2D eigenvalue weighted by Gasteiger charge is 1.97. The molecule has 0 saturated carbocycles. The van der Waals surface area contributed by atoms with Crippen molar-refractivity contribution in [2.75, 3.05) is 34.1 Å². The number of nitrogens with one attached hydrogen (secondary N) is 1. The van der Waals surface area contributed by atoms with Crippen LogP contribution in [-0.2, 0) is 19.1 Å². The largest absolute Gasteiger partial charge is 0.447 e. The second kappa shape index (κ2) is 10.5. The molecule has 0 aliphatic heterocycles. The number of carbonyl (C=O) groups is 2. The first-order chi connectivity index (χ1) is 8.56. The quantitative estimate of drug-likeness (QED) is 0.276. The average molecular weight is 256 g/mol. The summed E-state index contributed by atoms with van der Waals surface area (Å²) < 4.78 is 9.57. The van der Waals surface area contributed by atoms with Gasteiger partial charge in [-0.15, -0.1) is 0 Å². The lowest BCUT2D eigenvalue weighted by atomic mass is 10.4. The molecule has 0 saturated heterocycles. The number of ether oxygens (including phenoxy) is 2. The molecule has 0 aliphatic carbocycles. The van der Waals surface area contributed by atoms with Crippen LogP contribution >= 0.6 is 0 Å². The Morgan fingerprint density at radius 1 is 1.28 bits per heavy atom. The summed E-state index contributed by atoms with van der Waals surface area (Å²) in [4.78, 5) is 23.5. The molecule has 0 aromatic heterocycles. The van der Waals surface area contributed by atoms with Gasteiger partial charge in [0.15, 0.2) is 0 Å². The lowest BCUT2D eigenvalue weighted by Crippen LogP contribution is -2.21. The predicted octanol–water partition coefficient (Wildman–Crippen LogP) is 0.271. The van der Waals surface area contributed by atoms with Crippen LogP contribution in [0, 0.1) is 0 Å². The zero-order chi connectivity index (χ0) is 13.8. The molecule has 0 rings (SSSR count). The number of hydrogen-bond acceptors (Lipinski definition) is 6. The molecular formula is C12H20N2O4. The Morgan fingerprint density at radius 3 is 2.61 bits per heavy atom. The van der Waals surface area contributed by atoms with E-state index in [2.05, 4.69) is 11.9 Å². The van der Waals surface area contributed by atoms with Crippen LogP contribution in [0.25, 0.3) is 0 Å². The zero-order valence-corrected chi connectivity index (χ0v) is 10.8. The molecular weight excluding hydrogens is 236 g/mol. The molecule has 0 spiro atoms. The van der Waals surface area contributed by atoms with Gasteiger partial charge in [-0.05, 0) is 20.5 Å². The number of carbonyl (C=O) groups excluding carboxylic acids is 2. The van der Waals surface area contributed by atoms with Crippen molar-refractivity contribution in [2.45, 2.75) is 6.42 Å². The van der Waals surface area contributed by atoms with Crippen molar-refractivity contribution in [1.29, 1.82) is 0 Å². The van der Waals surface area contributed by atoms with Crippen molar-refractivity contribution < 1.29 is 19.1 Å². The fourth-order valence-corrected chi connectivity index (χ4v) is 0.859. The number of esters is 2. The summed E-state index contributed by atoms with van der Waals surface area (Å²) in [6.45, 7) is 4.26. The summed E-state index contributed by atoms with van der Waals surface area (Å²) in [5.74, 6) is -0.841. The van der Waals surface area contributed by atoms with Gasteiger partial charge >= 0.3 is 11.9 Å². The summed E-state index contributed by atoms with van der Waals surface area (Å²) in [5.41, 5.74) is 0. The van der Waals surface area contributed by atoms with E-state index in [0.29, 0.717) is 13.0 Å². The van der Waals surface area contributed by atoms with Gasteiger partial charge < -0.3 is 9.47 Å². The summed E-state index contributed by atoms with van der Waals surface area (Å²) in [6, 6.07) is 0. The Bertz CT molecular complexity index is 300. The highest BCUT2D eigenvalue weighted by Crippen LogP contribution is 1.87. The minimum absolute atomic E-state index is 0.129. The van der Waals surface area contributed by atoms with E-state index in [1.54, 1.807) is 11.0 Å². The number of nitrogens with zero attached hydrogens (tertiary/aromatic N) is 1. The maximum atomic E-state index is 11.1. The van der Waals surface area contributed by atoms with Crippen LogP contribution in [0.1, 0.15) is 6.42 Å². The molecule has 0 fully saturated rings.